The van der Waals surface area contributed by atoms with Crippen LogP contribution in [0.15, 0.2) is 57.9 Å². The number of sulfonamides is 1. The number of esters is 1. The third-order valence-electron chi connectivity index (χ3n) is 3.66. The zero-order valence-corrected chi connectivity index (χ0v) is 16.9. The number of nitro benzene ring substituents is 1. The Labute approximate surface area is 165 Å². The largest absolute Gasteiger partial charge is 0.464 e. The van der Waals surface area contributed by atoms with E-state index in [9.17, 15) is 23.3 Å². The third-order valence-corrected chi connectivity index (χ3v) is 6.13. The Bertz CT molecular complexity index is 946. The first-order valence-corrected chi connectivity index (χ1v) is 10.1. The van der Waals surface area contributed by atoms with E-state index in [0.29, 0.717) is 4.47 Å². The van der Waals surface area contributed by atoms with Crippen molar-refractivity contribution in [1.29, 1.82) is 0 Å². The van der Waals surface area contributed by atoms with Crippen molar-refractivity contribution < 1.29 is 22.9 Å². The summed E-state index contributed by atoms with van der Waals surface area (Å²) in [6.45, 7) is 3.04. The van der Waals surface area contributed by atoms with Crippen LogP contribution in [0, 0.1) is 10.1 Å². The molecular weight excluding hydrogens is 440 g/mol. The first kappa shape index (κ1) is 20.8. The summed E-state index contributed by atoms with van der Waals surface area (Å²) >= 11 is 3.26. The molecule has 0 unspecified atom stereocenters. The summed E-state index contributed by atoms with van der Waals surface area (Å²) in [6.07, 6.45) is 0. The summed E-state index contributed by atoms with van der Waals surface area (Å²) in [7, 11) is -4.43. The van der Waals surface area contributed by atoms with Crippen LogP contribution in [0.1, 0.15) is 13.8 Å². The second kappa shape index (κ2) is 8.49. The summed E-state index contributed by atoms with van der Waals surface area (Å²) in [5, 5.41) is 11.3. The predicted octanol–water partition coefficient (Wildman–Crippen LogP) is 3.50. The van der Waals surface area contributed by atoms with E-state index in [4.69, 9.17) is 4.74 Å². The monoisotopic (exact) mass is 456 g/mol. The molecule has 27 heavy (non-hydrogen) atoms. The Hall–Kier alpha value is -2.46. The van der Waals surface area contributed by atoms with Crippen molar-refractivity contribution in [2.75, 3.05) is 10.9 Å². The fraction of sp³-hybridized carbons (Fsp3) is 0.235. The Balaban J connectivity index is 2.67. The van der Waals surface area contributed by atoms with Gasteiger partial charge in [0, 0.05) is 10.5 Å². The Morgan fingerprint density at radius 3 is 2.37 bits per heavy atom. The summed E-state index contributed by atoms with van der Waals surface area (Å²) in [5.74, 6) is -0.762. The van der Waals surface area contributed by atoms with Crippen LogP contribution < -0.4 is 4.31 Å². The standard InChI is InChI=1S/C17H17BrN2O6S/c1-3-26-17(21)12(2)19(14-10-8-13(18)9-11-14)27(24,25)16-7-5-4-6-15(16)20(22)23/h4-12H,3H2,1-2H3/t12-/m1/s1. The molecule has 2 aromatic rings. The van der Waals surface area contributed by atoms with E-state index < -0.39 is 37.5 Å². The SMILES string of the molecule is CCOC(=O)[C@@H](C)N(c1ccc(Br)cc1)S(=O)(=O)c1ccccc1[N+](=O)[O-]. The quantitative estimate of drug-likeness (QED) is 0.358. The maximum Gasteiger partial charge on any atom is 0.329 e. The van der Waals surface area contributed by atoms with Crippen molar-refractivity contribution in [1.82, 2.24) is 0 Å². The normalized spacial score (nSPS) is 12.3. The van der Waals surface area contributed by atoms with Crippen molar-refractivity contribution in [3.63, 3.8) is 0 Å². The van der Waals surface area contributed by atoms with Crippen LogP contribution in [-0.2, 0) is 19.6 Å². The first-order chi connectivity index (χ1) is 12.7. The summed E-state index contributed by atoms with van der Waals surface area (Å²) in [5.41, 5.74) is -0.396. The molecule has 1 atom stereocenters. The number of hydrogen-bond acceptors (Lipinski definition) is 6. The average Bonchev–Trinajstić information content (AvgIpc) is 2.63. The van der Waals surface area contributed by atoms with Gasteiger partial charge in [0.15, 0.2) is 4.90 Å². The van der Waals surface area contributed by atoms with Gasteiger partial charge in [-0.3, -0.25) is 14.4 Å². The van der Waals surface area contributed by atoms with Gasteiger partial charge >= 0.3 is 5.97 Å². The molecular formula is C17H17BrN2O6S. The van der Waals surface area contributed by atoms with E-state index >= 15 is 0 Å². The number of anilines is 1. The van der Waals surface area contributed by atoms with Crippen LogP contribution >= 0.6 is 15.9 Å². The number of carbonyl (C=O) groups excluding carboxylic acids is 1. The molecule has 0 spiro atoms. The van der Waals surface area contributed by atoms with Crippen LogP contribution in [0.4, 0.5) is 11.4 Å². The highest BCUT2D eigenvalue weighted by molar-refractivity contribution is 9.10. The van der Waals surface area contributed by atoms with Crippen molar-refractivity contribution >= 4 is 43.3 Å². The van der Waals surface area contributed by atoms with E-state index in [1.807, 2.05) is 0 Å². The number of halogens is 1. The van der Waals surface area contributed by atoms with Crippen molar-refractivity contribution in [3.05, 3.63) is 63.1 Å². The molecule has 8 nitrogen and oxygen atoms in total. The third kappa shape index (κ3) is 4.45. The number of para-hydroxylation sites is 1. The van der Waals surface area contributed by atoms with Gasteiger partial charge in [-0.25, -0.2) is 13.2 Å². The molecule has 10 heteroatoms. The second-order valence-electron chi connectivity index (χ2n) is 5.43. The van der Waals surface area contributed by atoms with Gasteiger partial charge in [-0.1, -0.05) is 28.1 Å². The molecule has 0 saturated carbocycles. The van der Waals surface area contributed by atoms with Gasteiger partial charge in [0.2, 0.25) is 0 Å². The minimum Gasteiger partial charge on any atom is -0.464 e. The lowest BCUT2D eigenvalue weighted by atomic mass is 10.2. The van der Waals surface area contributed by atoms with Gasteiger partial charge in [-0.05, 0) is 44.2 Å². The van der Waals surface area contributed by atoms with E-state index in [1.54, 1.807) is 19.1 Å². The highest BCUT2D eigenvalue weighted by Crippen LogP contribution is 2.32. The lowest BCUT2D eigenvalue weighted by Crippen LogP contribution is -2.44. The minimum atomic E-state index is -4.43. The molecule has 2 aromatic carbocycles. The van der Waals surface area contributed by atoms with Crippen LogP contribution in [0.3, 0.4) is 0 Å². The van der Waals surface area contributed by atoms with Crippen LogP contribution in [-0.4, -0.2) is 32.0 Å². The van der Waals surface area contributed by atoms with E-state index in [1.165, 1.54) is 31.2 Å². The van der Waals surface area contributed by atoms with Gasteiger partial charge in [-0.15, -0.1) is 0 Å². The van der Waals surface area contributed by atoms with Gasteiger partial charge < -0.3 is 4.74 Å². The molecule has 0 saturated heterocycles. The van der Waals surface area contributed by atoms with Crippen LogP contribution in [0.25, 0.3) is 0 Å². The van der Waals surface area contributed by atoms with Gasteiger partial charge in [-0.2, -0.15) is 0 Å². The minimum absolute atomic E-state index is 0.0723. The van der Waals surface area contributed by atoms with Gasteiger partial charge in [0.05, 0.1) is 17.2 Å². The molecule has 0 N–H and O–H groups in total. The molecule has 0 aliphatic rings. The number of rotatable bonds is 7. The maximum atomic E-state index is 13.3. The fourth-order valence-corrected chi connectivity index (χ4v) is 4.48. The fourth-order valence-electron chi connectivity index (χ4n) is 2.45. The van der Waals surface area contributed by atoms with Crippen molar-refractivity contribution in [2.45, 2.75) is 24.8 Å². The number of nitrogens with zero attached hydrogens (tertiary/aromatic N) is 2. The highest BCUT2D eigenvalue weighted by Gasteiger charge is 2.37. The predicted molar refractivity (Wildman–Crippen MR) is 103 cm³/mol. The number of hydrogen-bond donors (Lipinski definition) is 0. The first-order valence-electron chi connectivity index (χ1n) is 7.90. The van der Waals surface area contributed by atoms with E-state index in [0.717, 1.165) is 16.4 Å². The van der Waals surface area contributed by atoms with Gasteiger partial charge in [0.25, 0.3) is 15.7 Å². The lowest BCUT2D eigenvalue weighted by Gasteiger charge is -2.29. The molecule has 2 rings (SSSR count). The average molecular weight is 457 g/mol. The Kier molecular flexibility index (Phi) is 6.55. The van der Waals surface area contributed by atoms with E-state index in [2.05, 4.69) is 15.9 Å². The molecule has 0 aliphatic carbocycles. The summed E-state index contributed by atoms with van der Waals surface area (Å²) in [6, 6.07) is 9.96. The molecule has 0 bridgehead atoms. The molecule has 0 amide bonds. The number of carbonyl (C=O) groups is 1. The molecule has 0 radical (unpaired) electrons. The molecule has 0 fully saturated rings. The summed E-state index contributed by atoms with van der Waals surface area (Å²) < 4.78 is 33.1. The molecule has 144 valence electrons. The lowest BCUT2D eigenvalue weighted by molar-refractivity contribution is -0.387. The van der Waals surface area contributed by atoms with Crippen LogP contribution in [0.5, 0.6) is 0 Å². The number of benzene rings is 2. The Morgan fingerprint density at radius 1 is 1.22 bits per heavy atom. The zero-order chi connectivity index (χ0) is 20.2. The summed E-state index contributed by atoms with van der Waals surface area (Å²) in [4.78, 5) is 22.3. The van der Waals surface area contributed by atoms with Crippen LogP contribution in [0.2, 0.25) is 0 Å². The molecule has 0 aliphatic heterocycles. The molecule has 0 heterocycles. The second-order valence-corrected chi connectivity index (χ2v) is 8.13. The number of ether oxygens (including phenoxy) is 1. The Morgan fingerprint density at radius 2 is 1.81 bits per heavy atom. The van der Waals surface area contributed by atoms with Crippen molar-refractivity contribution in [3.8, 4) is 0 Å². The molecule has 0 aromatic heterocycles. The van der Waals surface area contributed by atoms with Gasteiger partial charge in [0.1, 0.15) is 6.04 Å². The maximum absolute atomic E-state index is 13.3. The smallest absolute Gasteiger partial charge is 0.329 e. The number of nitro groups is 1. The van der Waals surface area contributed by atoms with Crippen molar-refractivity contribution in [2.24, 2.45) is 0 Å². The highest BCUT2D eigenvalue weighted by atomic mass is 79.9. The topological polar surface area (TPSA) is 107 Å². The van der Waals surface area contributed by atoms with E-state index in [-0.39, 0.29) is 12.3 Å². The zero-order valence-electron chi connectivity index (χ0n) is 14.5.